The Morgan fingerprint density at radius 2 is 1.74 bits per heavy atom. The molecule has 4 aromatic rings. The number of ether oxygens (including phenoxy) is 1. The van der Waals surface area contributed by atoms with E-state index in [-0.39, 0.29) is 16.8 Å². The lowest BCUT2D eigenvalue weighted by molar-refractivity contribution is -0.137. The average molecular weight is 481 g/mol. The lowest BCUT2D eigenvalue weighted by atomic mass is 9.99. The molecule has 0 saturated carbocycles. The second-order valence-corrected chi connectivity index (χ2v) is 7.57. The van der Waals surface area contributed by atoms with Gasteiger partial charge in [0.1, 0.15) is 6.54 Å². The number of carbonyl (C=O) groups is 2. The van der Waals surface area contributed by atoms with Crippen LogP contribution < -0.4 is 10.9 Å². The van der Waals surface area contributed by atoms with Gasteiger partial charge in [0.15, 0.2) is 0 Å². The van der Waals surface area contributed by atoms with Crippen molar-refractivity contribution in [3.8, 4) is 11.1 Å². The first-order chi connectivity index (χ1) is 16.7. The zero-order valence-electron chi connectivity index (χ0n) is 18.3. The van der Waals surface area contributed by atoms with Gasteiger partial charge in [0.25, 0.3) is 5.56 Å². The van der Waals surface area contributed by atoms with Gasteiger partial charge in [-0.1, -0.05) is 36.4 Å². The zero-order chi connectivity index (χ0) is 25.2. The first kappa shape index (κ1) is 23.7. The molecule has 1 heterocycles. The van der Waals surface area contributed by atoms with E-state index in [0.717, 1.165) is 23.9 Å². The molecular formula is C25H18F3N3O4. The Bertz CT molecular complexity index is 1500. The summed E-state index contributed by atoms with van der Waals surface area (Å²) in [5, 5.41) is 7.58. The number of hydrogen-bond acceptors (Lipinski definition) is 5. The minimum Gasteiger partial charge on any atom is -0.465 e. The molecule has 4 rings (SSSR count). The van der Waals surface area contributed by atoms with Gasteiger partial charge in [-0.3, -0.25) is 9.59 Å². The van der Waals surface area contributed by atoms with Crippen LogP contribution in [0.15, 0.2) is 77.7 Å². The van der Waals surface area contributed by atoms with E-state index in [2.05, 4.69) is 10.4 Å². The summed E-state index contributed by atoms with van der Waals surface area (Å²) in [7, 11) is 1.14. The fraction of sp³-hybridized carbons (Fsp3) is 0.120. The Morgan fingerprint density at radius 1 is 1.00 bits per heavy atom. The molecule has 0 atom stereocenters. The number of carbonyl (C=O) groups excluding carboxylic acids is 2. The van der Waals surface area contributed by atoms with Gasteiger partial charge in [-0.05, 0) is 41.5 Å². The molecule has 7 nitrogen and oxygen atoms in total. The molecule has 1 amide bonds. The summed E-state index contributed by atoms with van der Waals surface area (Å²) < 4.78 is 45.1. The summed E-state index contributed by atoms with van der Waals surface area (Å²) in [6.45, 7) is -0.417. The lowest BCUT2D eigenvalue weighted by Crippen LogP contribution is -2.29. The minimum atomic E-state index is -4.52. The van der Waals surface area contributed by atoms with Gasteiger partial charge >= 0.3 is 12.1 Å². The summed E-state index contributed by atoms with van der Waals surface area (Å²) in [5.74, 6) is -1.43. The first-order valence-corrected chi connectivity index (χ1v) is 10.3. The Hall–Kier alpha value is -4.47. The predicted molar refractivity (Wildman–Crippen MR) is 123 cm³/mol. The number of methoxy groups -OCH3 is 1. The number of nitrogens with zero attached hydrogens (tertiary/aromatic N) is 2. The van der Waals surface area contributed by atoms with Gasteiger partial charge in [-0.2, -0.15) is 18.3 Å². The summed E-state index contributed by atoms with van der Waals surface area (Å²) in [4.78, 5) is 37.6. The van der Waals surface area contributed by atoms with Crippen molar-refractivity contribution in [1.29, 1.82) is 0 Å². The molecule has 0 aliphatic carbocycles. The molecule has 0 aliphatic rings. The van der Waals surface area contributed by atoms with Crippen LogP contribution in [0.25, 0.3) is 21.9 Å². The second kappa shape index (κ2) is 9.41. The minimum absolute atomic E-state index is 0.0606. The topological polar surface area (TPSA) is 90.3 Å². The third-order valence-electron chi connectivity index (χ3n) is 5.28. The van der Waals surface area contributed by atoms with E-state index >= 15 is 0 Å². The van der Waals surface area contributed by atoms with E-state index in [1.165, 1.54) is 36.5 Å². The third kappa shape index (κ3) is 5.06. The highest BCUT2D eigenvalue weighted by Gasteiger charge is 2.30. The molecule has 3 aromatic carbocycles. The van der Waals surface area contributed by atoms with Crippen LogP contribution in [0.1, 0.15) is 15.9 Å². The standard InChI is InChI=1S/C25H18F3N3O4/c1-35-24(34)20-12-16(15-6-4-7-18(11-15)25(26,27)28)9-10-21(20)30-22(32)14-31-23(33)19-8-3-2-5-17(19)13-29-31/h2-13H,14H2,1H3,(H,30,32). The van der Waals surface area contributed by atoms with Gasteiger partial charge in [-0.25, -0.2) is 9.48 Å². The van der Waals surface area contributed by atoms with Crippen LogP contribution >= 0.6 is 0 Å². The zero-order valence-corrected chi connectivity index (χ0v) is 18.3. The molecule has 0 radical (unpaired) electrons. The lowest BCUT2D eigenvalue weighted by Gasteiger charge is -2.13. The van der Waals surface area contributed by atoms with Gasteiger partial charge < -0.3 is 10.1 Å². The number of nitrogens with one attached hydrogen (secondary N) is 1. The van der Waals surface area contributed by atoms with E-state index < -0.39 is 35.7 Å². The van der Waals surface area contributed by atoms with Gasteiger partial charge in [0.2, 0.25) is 5.91 Å². The molecule has 0 fully saturated rings. The molecule has 0 aliphatic heterocycles. The number of esters is 1. The highest BCUT2D eigenvalue weighted by atomic mass is 19.4. The van der Waals surface area contributed by atoms with Gasteiger partial charge in [-0.15, -0.1) is 0 Å². The number of hydrogen-bond donors (Lipinski definition) is 1. The van der Waals surface area contributed by atoms with Crippen molar-refractivity contribution in [3.05, 3.63) is 94.4 Å². The van der Waals surface area contributed by atoms with Crippen molar-refractivity contribution in [3.63, 3.8) is 0 Å². The van der Waals surface area contributed by atoms with Gasteiger partial charge in [0, 0.05) is 5.39 Å². The average Bonchev–Trinajstić information content (AvgIpc) is 2.85. The van der Waals surface area contributed by atoms with Crippen LogP contribution in [0.2, 0.25) is 0 Å². The summed E-state index contributed by atoms with van der Waals surface area (Å²) in [6, 6.07) is 15.6. The summed E-state index contributed by atoms with van der Waals surface area (Å²) >= 11 is 0. The number of amides is 1. The smallest absolute Gasteiger partial charge is 0.416 e. The molecule has 10 heteroatoms. The fourth-order valence-electron chi connectivity index (χ4n) is 3.55. The van der Waals surface area contributed by atoms with Crippen LogP contribution in [-0.4, -0.2) is 28.8 Å². The maximum absolute atomic E-state index is 13.1. The maximum atomic E-state index is 13.1. The number of aromatic nitrogens is 2. The molecule has 35 heavy (non-hydrogen) atoms. The monoisotopic (exact) mass is 481 g/mol. The summed E-state index contributed by atoms with van der Waals surface area (Å²) in [5.41, 5.74) is -0.718. The molecule has 0 unspecified atom stereocenters. The van der Waals surface area contributed by atoms with Crippen LogP contribution in [0.5, 0.6) is 0 Å². The van der Waals surface area contributed by atoms with Crippen LogP contribution in [0, 0.1) is 0 Å². The van der Waals surface area contributed by atoms with Crippen molar-refractivity contribution < 1.29 is 27.5 Å². The van der Waals surface area contributed by atoms with E-state index in [0.29, 0.717) is 16.3 Å². The van der Waals surface area contributed by atoms with E-state index in [9.17, 15) is 27.6 Å². The molecule has 1 aromatic heterocycles. The van der Waals surface area contributed by atoms with Crippen molar-refractivity contribution >= 4 is 28.3 Å². The van der Waals surface area contributed by atoms with Crippen molar-refractivity contribution in [2.24, 2.45) is 0 Å². The first-order valence-electron chi connectivity index (χ1n) is 10.3. The number of benzene rings is 3. The van der Waals surface area contributed by atoms with Crippen LogP contribution in [-0.2, 0) is 22.3 Å². The highest BCUT2D eigenvalue weighted by Crippen LogP contribution is 2.33. The second-order valence-electron chi connectivity index (χ2n) is 7.57. The predicted octanol–water partition coefficient (Wildman–Crippen LogP) is 4.51. The number of anilines is 1. The van der Waals surface area contributed by atoms with Crippen LogP contribution in [0.4, 0.5) is 18.9 Å². The number of fused-ring (bicyclic) bond motifs is 1. The Kier molecular flexibility index (Phi) is 6.37. The number of rotatable bonds is 5. The summed E-state index contributed by atoms with van der Waals surface area (Å²) in [6.07, 6.45) is -3.06. The molecule has 1 N–H and O–H groups in total. The number of halogens is 3. The Labute approximate surface area is 196 Å². The Morgan fingerprint density at radius 3 is 2.49 bits per heavy atom. The molecule has 0 bridgehead atoms. The SMILES string of the molecule is COC(=O)c1cc(-c2cccc(C(F)(F)F)c2)ccc1NC(=O)Cn1ncc2ccccc2c1=O. The molecule has 0 spiro atoms. The quantitative estimate of drug-likeness (QED) is 0.424. The van der Waals surface area contributed by atoms with Crippen molar-refractivity contribution in [2.45, 2.75) is 12.7 Å². The highest BCUT2D eigenvalue weighted by molar-refractivity contribution is 6.02. The van der Waals surface area contributed by atoms with E-state index in [1.54, 1.807) is 24.3 Å². The normalized spacial score (nSPS) is 11.3. The van der Waals surface area contributed by atoms with E-state index in [1.807, 2.05) is 0 Å². The number of alkyl halides is 3. The fourth-order valence-corrected chi connectivity index (χ4v) is 3.55. The maximum Gasteiger partial charge on any atom is 0.416 e. The molecule has 178 valence electrons. The molecular weight excluding hydrogens is 463 g/mol. The molecule has 0 saturated heterocycles. The van der Waals surface area contributed by atoms with E-state index in [4.69, 9.17) is 4.74 Å². The van der Waals surface area contributed by atoms with Crippen molar-refractivity contribution in [1.82, 2.24) is 9.78 Å². The van der Waals surface area contributed by atoms with Crippen LogP contribution in [0.3, 0.4) is 0 Å². The Balaban J connectivity index is 1.63. The van der Waals surface area contributed by atoms with Crippen molar-refractivity contribution in [2.75, 3.05) is 12.4 Å². The van der Waals surface area contributed by atoms with Gasteiger partial charge in [0.05, 0.1) is 35.5 Å². The largest absolute Gasteiger partial charge is 0.465 e. The third-order valence-corrected chi connectivity index (χ3v) is 5.28.